The van der Waals surface area contributed by atoms with Crippen molar-refractivity contribution in [2.24, 2.45) is 5.41 Å². The van der Waals surface area contributed by atoms with E-state index in [0.29, 0.717) is 18.2 Å². The number of benzene rings is 1. The molecule has 4 rings (SSSR count). The van der Waals surface area contributed by atoms with Gasteiger partial charge in [-0.15, -0.1) is 0 Å². The summed E-state index contributed by atoms with van der Waals surface area (Å²) >= 11 is 0. The summed E-state index contributed by atoms with van der Waals surface area (Å²) in [6, 6.07) is 5.77. The monoisotopic (exact) mass is 372 g/mol. The Morgan fingerprint density at radius 1 is 1.37 bits per heavy atom. The SMILES string of the molecule is CCCOc1ccc(-c2noc(C3CNCC34CCN(C)C4)n2)cc1OC. The van der Waals surface area contributed by atoms with Crippen molar-refractivity contribution in [3.05, 3.63) is 24.1 Å². The largest absolute Gasteiger partial charge is 0.493 e. The van der Waals surface area contributed by atoms with E-state index in [1.54, 1.807) is 7.11 Å². The molecule has 1 spiro atoms. The molecule has 27 heavy (non-hydrogen) atoms. The zero-order valence-electron chi connectivity index (χ0n) is 16.3. The molecule has 2 saturated heterocycles. The summed E-state index contributed by atoms with van der Waals surface area (Å²) in [5.41, 5.74) is 1.07. The van der Waals surface area contributed by atoms with E-state index in [9.17, 15) is 0 Å². The zero-order chi connectivity index (χ0) is 18.9. The van der Waals surface area contributed by atoms with Crippen molar-refractivity contribution in [2.75, 3.05) is 46.9 Å². The molecule has 1 N–H and O–H groups in total. The molecule has 146 valence electrons. The number of likely N-dealkylation sites (tertiary alicyclic amines) is 1. The van der Waals surface area contributed by atoms with Gasteiger partial charge in [0.05, 0.1) is 19.6 Å². The Kier molecular flexibility index (Phi) is 5.06. The highest BCUT2D eigenvalue weighted by Gasteiger charge is 2.49. The zero-order valence-corrected chi connectivity index (χ0v) is 16.3. The Bertz CT molecular complexity index is 793. The first-order chi connectivity index (χ1) is 13.1. The predicted octanol–water partition coefficient (Wildman–Crippen LogP) is 2.54. The quantitative estimate of drug-likeness (QED) is 0.835. The van der Waals surface area contributed by atoms with Gasteiger partial charge in [-0.05, 0) is 44.6 Å². The average molecular weight is 372 g/mol. The molecule has 7 heteroatoms. The van der Waals surface area contributed by atoms with Gasteiger partial charge in [-0.2, -0.15) is 4.98 Å². The molecule has 2 aliphatic heterocycles. The van der Waals surface area contributed by atoms with Gasteiger partial charge in [-0.25, -0.2) is 0 Å². The van der Waals surface area contributed by atoms with Crippen molar-refractivity contribution in [1.29, 1.82) is 0 Å². The average Bonchev–Trinajstić information content (AvgIpc) is 3.40. The van der Waals surface area contributed by atoms with Crippen LogP contribution in [0.4, 0.5) is 0 Å². The Hall–Kier alpha value is -2.12. The minimum atomic E-state index is 0.202. The van der Waals surface area contributed by atoms with Crippen LogP contribution in [0, 0.1) is 5.41 Å². The summed E-state index contributed by atoms with van der Waals surface area (Å²) in [6.07, 6.45) is 2.11. The molecule has 1 aromatic heterocycles. The van der Waals surface area contributed by atoms with Gasteiger partial charge in [0.25, 0.3) is 0 Å². The van der Waals surface area contributed by atoms with Crippen molar-refractivity contribution >= 4 is 0 Å². The van der Waals surface area contributed by atoms with Gasteiger partial charge in [0.2, 0.25) is 11.7 Å². The Balaban J connectivity index is 1.57. The standard InChI is InChI=1S/C20H28N4O3/c1-4-9-26-16-6-5-14(10-17(16)25-3)18-22-19(27-23-18)15-11-21-12-20(15)7-8-24(2)13-20/h5-6,10,15,21H,4,7-9,11-13H2,1-3H3. The van der Waals surface area contributed by atoms with Crippen LogP contribution in [0.25, 0.3) is 11.4 Å². The normalized spacial score (nSPS) is 25.4. The number of nitrogens with zero attached hydrogens (tertiary/aromatic N) is 3. The van der Waals surface area contributed by atoms with E-state index in [-0.39, 0.29) is 11.3 Å². The summed E-state index contributed by atoms with van der Waals surface area (Å²) < 4.78 is 16.9. The summed E-state index contributed by atoms with van der Waals surface area (Å²) in [5, 5.41) is 7.78. The van der Waals surface area contributed by atoms with Gasteiger partial charge in [0.1, 0.15) is 0 Å². The highest BCUT2D eigenvalue weighted by molar-refractivity contribution is 5.60. The first kappa shape index (κ1) is 18.3. The number of rotatable bonds is 6. The molecule has 3 heterocycles. The first-order valence-corrected chi connectivity index (χ1v) is 9.69. The van der Waals surface area contributed by atoms with E-state index in [4.69, 9.17) is 19.0 Å². The smallest absolute Gasteiger partial charge is 0.232 e. The predicted molar refractivity (Wildman–Crippen MR) is 102 cm³/mol. The molecule has 0 radical (unpaired) electrons. The van der Waals surface area contributed by atoms with Crippen molar-refractivity contribution in [2.45, 2.75) is 25.7 Å². The lowest BCUT2D eigenvalue weighted by Gasteiger charge is -2.27. The third-order valence-electron chi connectivity index (χ3n) is 5.76. The Labute approximate surface area is 160 Å². The Morgan fingerprint density at radius 2 is 2.26 bits per heavy atom. The number of ether oxygens (including phenoxy) is 2. The molecule has 2 aromatic rings. The second-order valence-electron chi connectivity index (χ2n) is 7.70. The second-order valence-corrected chi connectivity index (χ2v) is 7.70. The fourth-order valence-corrected chi connectivity index (χ4v) is 4.32. The minimum absolute atomic E-state index is 0.202. The lowest BCUT2D eigenvalue weighted by atomic mass is 9.77. The van der Waals surface area contributed by atoms with Gasteiger partial charge < -0.3 is 24.2 Å². The molecule has 2 atom stereocenters. The topological polar surface area (TPSA) is 72.7 Å². The fourth-order valence-electron chi connectivity index (χ4n) is 4.32. The van der Waals surface area contributed by atoms with Crippen molar-refractivity contribution in [3.8, 4) is 22.9 Å². The second kappa shape index (κ2) is 7.48. The van der Waals surface area contributed by atoms with E-state index in [1.807, 2.05) is 18.2 Å². The van der Waals surface area contributed by atoms with Crippen LogP contribution in [0.2, 0.25) is 0 Å². The number of nitrogens with one attached hydrogen (secondary N) is 1. The molecule has 2 unspecified atom stereocenters. The number of aromatic nitrogens is 2. The summed E-state index contributed by atoms with van der Waals surface area (Å²) in [4.78, 5) is 7.13. The minimum Gasteiger partial charge on any atom is -0.493 e. The lowest BCUT2D eigenvalue weighted by Crippen LogP contribution is -2.32. The maximum Gasteiger partial charge on any atom is 0.232 e. The fraction of sp³-hybridized carbons (Fsp3) is 0.600. The summed E-state index contributed by atoms with van der Waals surface area (Å²) in [7, 11) is 3.82. The summed E-state index contributed by atoms with van der Waals surface area (Å²) in [5.74, 6) is 3.01. The van der Waals surface area contributed by atoms with E-state index >= 15 is 0 Å². The van der Waals surface area contributed by atoms with Crippen molar-refractivity contribution in [3.63, 3.8) is 0 Å². The van der Waals surface area contributed by atoms with E-state index in [1.165, 1.54) is 0 Å². The van der Waals surface area contributed by atoms with Gasteiger partial charge in [-0.3, -0.25) is 0 Å². The van der Waals surface area contributed by atoms with Gasteiger partial charge >= 0.3 is 0 Å². The van der Waals surface area contributed by atoms with Crippen LogP contribution in [0.15, 0.2) is 22.7 Å². The molecular weight excluding hydrogens is 344 g/mol. The van der Waals surface area contributed by atoms with Crippen LogP contribution in [-0.4, -0.2) is 62.0 Å². The van der Waals surface area contributed by atoms with Crippen LogP contribution in [0.5, 0.6) is 11.5 Å². The Morgan fingerprint density at radius 3 is 3.00 bits per heavy atom. The number of methoxy groups -OCH3 is 1. The third-order valence-corrected chi connectivity index (χ3v) is 5.76. The van der Waals surface area contributed by atoms with Gasteiger partial charge in [-0.1, -0.05) is 12.1 Å². The molecule has 0 aliphatic carbocycles. The van der Waals surface area contributed by atoms with E-state index in [2.05, 4.69) is 29.3 Å². The molecule has 2 fully saturated rings. The lowest BCUT2D eigenvalue weighted by molar-refractivity contribution is 0.237. The molecule has 0 saturated carbocycles. The number of hydrogen-bond donors (Lipinski definition) is 1. The highest BCUT2D eigenvalue weighted by atomic mass is 16.5. The highest BCUT2D eigenvalue weighted by Crippen LogP contribution is 2.45. The van der Waals surface area contributed by atoms with Crippen LogP contribution in [0.3, 0.4) is 0 Å². The van der Waals surface area contributed by atoms with Crippen LogP contribution in [-0.2, 0) is 0 Å². The molecule has 0 amide bonds. The van der Waals surface area contributed by atoms with Crippen LogP contribution in [0.1, 0.15) is 31.6 Å². The van der Waals surface area contributed by atoms with Crippen LogP contribution >= 0.6 is 0 Å². The molecule has 2 aliphatic rings. The molecule has 1 aromatic carbocycles. The van der Waals surface area contributed by atoms with E-state index in [0.717, 1.165) is 56.2 Å². The first-order valence-electron chi connectivity index (χ1n) is 9.69. The maximum atomic E-state index is 5.73. The van der Waals surface area contributed by atoms with Gasteiger partial charge in [0, 0.05) is 30.6 Å². The summed E-state index contributed by atoms with van der Waals surface area (Å²) in [6.45, 7) is 6.83. The van der Waals surface area contributed by atoms with Crippen molar-refractivity contribution < 1.29 is 14.0 Å². The molecular formula is C20H28N4O3. The van der Waals surface area contributed by atoms with Crippen LogP contribution < -0.4 is 14.8 Å². The van der Waals surface area contributed by atoms with E-state index < -0.39 is 0 Å². The molecule has 0 bridgehead atoms. The maximum absolute atomic E-state index is 5.73. The molecule has 7 nitrogen and oxygen atoms in total. The number of hydrogen-bond acceptors (Lipinski definition) is 7. The van der Waals surface area contributed by atoms with Crippen molar-refractivity contribution in [1.82, 2.24) is 20.4 Å². The van der Waals surface area contributed by atoms with Gasteiger partial charge in [0.15, 0.2) is 11.5 Å². The third kappa shape index (κ3) is 3.41.